The van der Waals surface area contributed by atoms with E-state index in [0.717, 1.165) is 50.3 Å². The summed E-state index contributed by atoms with van der Waals surface area (Å²) in [5.41, 5.74) is 1.95. The van der Waals surface area contributed by atoms with E-state index in [1.807, 2.05) is 13.0 Å². The summed E-state index contributed by atoms with van der Waals surface area (Å²) in [4.78, 5) is 41.4. The number of nitrogens with zero attached hydrogens (tertiary/aromatic N) is 5. The molecular weight excluding hydrogens is 482 g/mol. The molecule has 4 rings (SSSR count). The first kappa shape index (κ1) is 27.6. The van der Waals surface area contributed by atoms with Gasteiger partial charge in [0.15, 0.2) is 5.82 Å². The van der Waals surface area contributed by atoms with Crippen molar-refractivity contribution in [2.24, 2.45) is 0 Å². The zero-order chi connectivity index (χ0) is 27.2. The van der Waals surface area contributed by atoms with E-state index in [2.05, 4.69) is 46.3 Å². The van der Waals surface area contributed by atoms with Gasteiger partial charge in [-0.3, -0.25) is 9.59 Å². The van der Waals surface area contributed by atoms with Crippen molar-refractivity contribution >= 4 is 35.0 Å². The van der Waals surface area contributed by atoms with Crippen LogP contribution in [0.3, 0.4) is 0 Å². The molecule has 1 aromatic carbocycles. The van der Waals surface area contributed by atoms with E-state index in [1.165, 1.54) is 0 Å². The number of fused-ring (bicyclic) bond motifs is 1. The molecule has 3 heterocycles. The largest absolute Gasteiger partial charge is 0.495 e. The minimum atomic E-state index is -0.101. The number of rotatable bonds is 9. The second kappa shape index (κ2) is 12.4. The maximum Gasteiger partial charge on any atom is 0.251 e. The van der Waals surface area contributed by atoms with Crippen LogP contribution in [0.4, 0.5) is 23.1 Å². The van der Waals surface area contributed by atoms with Gasteiger partial charge < -0.3 is 30.1 Å². The molecule has 0 atom stereocenters. The van der Waals surface area contributed by atoms with Crippen molar-refractivity contribution in [1.29, 1.82) is 0 Å². The molecule has 2 N–H and O–H groups in total. The van der Waals surface area contributed by atoms with Crippen LogP contribution in [0.1, 0.15) is 63.2 Å². The third-order valence-corrected chi connectivity index (χ3v) is 7.64. The average Bonchev–Trinajstić information content (AvgIpc) is 3.06. The lowest BCUT2D eigenvalue weighted by Crippen LogP contribution is -2.43. The maximum atomic E-state index is 12.9. The predicted octanol–water partition coefficient (Wildman–Crippen LogP) is 3.80. The van der Waals surface area contributed by atoms with E-state index in [4.69, 9.17) is 9.72 Å². The first-order chi connectivity index (χ1) is 18.4. The van der Waals surface area contributed by atoms with Crippen LogP contribution in [0.15, 0.2) is 24.4 Å². The van der Waals surface area contributed by atoms with Crippen LogP contribution < -0.4 is 25.2 Å². The Morgan fingerprint density at radius 1 is 1.16 bits per heavy atom. The molecule has 10 nitrogen and oxygen atoms in total. The Balaban J connectivity index is 1.58. The van der Waals surface area contributed by atoms with E-state index in [-0.39, 0.29) is 23.9 Å². The Bertz CT molecular complexity index is 1130. The van der Waals surface area contributed by atoms with Gasteiger partial charge in [-0.2, -0.15) is 4.98 Å². The first-order valence-electron chi connectivity index (χ1n) is 13.8. The SMILES string of the molecule is CCC(CC)N1CCC(=O)N(CC)c2cnc(Nc3ccc(C(=O)NC4CCN(C)CC4)cc3OC)nc21. The fourth-order valence-corrected chi connectivity index (χ4v) is 5.33. The van der Waals surface area contributed by atoms with Crippen LogP contribution in [0.25, 0.3) is 0 Å². The molecule has 2 aliphatic heterocycles. The minimum absolute atomic E-state index is 0.0855. The van der Waals surface area contributed by atoms with Crippen molar-refractivity contribution in [1.82, 2.24) is 20.2 Å². The van der Waals surface area contributed by atoms with Gasteiger partial charge in [-0.05, 0) is 70.9 Å². The van der Waals surface area contributed by atoms with Gasteiger partial charge in [0.05, 0.1) is 19.0 Å². The van der Waals surface area contributed by atoms with Crippen LogP contribution in [0.2, 0.25) is 0 Å². The van der Waals surface area contributed by atoms with Gasteiger partial charge >= 0.3 is 0 Å². The topological polar surface area (TPSA) is 103 Å². The number of carbonyl (C=O) groups excluding carboxylic acids is 2. The quantitative estimate of drug-likeness (QED) is 0.512. The van der Waals surface area contributed by atoms with Gasteiger partial charge in [-0.1, -0.05) is 13.8 Å². The van der Waals surface area contributed by atoms with Crippen molar-refractivity contribution in [3.63, 3.8) is 0 Å². The average molecular weight is 524 g/mol. The summed E-state index contributed by atoms with van der Waals surface area (Å²) in [6.07, 6.45) is 5.98. The fourth-order valence-electron chi connectivity index (χ4n) is 5.33. The van der Waals surface area contributed by atoms with Crippen molar-refractivity contribution in [2.75, 3.05) is 55.5 Å². The number of hydrogen-bond donors (Lipinski definition) is 2. The van der Waals surface area contributed by atoms with Crippen LogP contribution >= 0.6 is 0 Å². The smallest absolute Gasteiger partial charge is 0.251 e. The third-order valence-electron chi connectivity index (χ3n) is 7.64. The Morgan fingerprint density at radius 3 is 2.55 bits per heavy atom. The second-order valence-corrected chi connectivity index (χ2v) is 10.0. The third kappa shape index (κ3) is 6.01. The molecule has 0 unspecified atom stereocenters. The van der Waals surface area contributed by atoms with Crippen molar-refractivity contribution < 1.29 is 14.3 Å². The van der Waals surface area contributed by atoms with E-state index >= 15 is 0 Å². The van der Waals surface area contributed by atoms with Gasteiger partial charge in [0.1, 0.15) is 11.4 Å². The van der Waals surface area contributed by atoms with Crippen molar-refractivity contribution in [3.05, 3.63) is 30.0 Å². The number of amides is 2. The molecule has 1 fully saturated rings. The summed E-state index contributed by atoms with van der Waals surface area (Å²) in [6.45, 7) is 9.44. The van der Waals surface area contributed by atoms with Crippen LogP contribution in [-0.2, 0) is 4.79 Å². The molecule has 0 bridgehead atoms. The molecule has 2 amide bonds. The Kier molecular flexibility index (Phi) is 9.04. The highest BCUT2D eigenvalue weighted by Gasteiger charge is 2.30. The molecule has 2 aromatic rings. The number of piperidine rings is 1. The Labute approximate surface area is 225 Å². The zero-order valence-electron chi connectivity index (χ0n) is 23.3. The van der Waals surface area contributed by atoms with Gasteiger partial charge in [0, 0.05) is 37.2 Å². The molecule has 1 saturated heterocycles. The molecule has 0 aliphatic carbocycles. The van der Waals surface area contributed by atoms with Crippen molar-refractivity contribution in [3.8, 4) is 5.75 Å². The highest BCUT2D eigenvalue weighted by molar-refractivity contribution is 5.98. The molecule has 10 heteroatoms. The Hall–Kier alpha value is -3.40. The molecule has 0 saturated carbocycles. The number of aromatic nitrogens is 2. The molecule has 1 aromatic heterocycles. The monoisotopic (exact) mass is 523 g/mol. The standard InChI is InChI=1S/C28H41N7O3/c1-6-21(7-2)35-16-13-25(36)34(8-3)23-18-29-28(32-26(23)35)31-22-10-9-19(17-24(22)38-5)27(37)30-20-11-14-33(4)15-12-20/h9-10,17-18,20-21H,6-8,11-16H2,1-5H3,(H,30,37)(H,29,31,32). The van der Waals surface area contributed by atoms with E-state index in [0.29, 0.717) is 42.5 Å². The highest BCUT2D eigenvalue weighted by atomic mass is 16.5. The summed E-state index contributed by atoms with van der Waals surface area (Å²) in [5.74, 6) is 1.68. The van der Waals surface area contributed by atoms with Crippen LogP contribution in [0, 0.1) is 0 Å². The minimum Gasteiger partial charge on any atom is -0.495 e. The fraction of sp³-hybridized carbons (Fsp3) is 0.571. The molecule has 38 heavy (non-hydrogen) atoms. The first-order valence-corrected chi connectivity index (χ1v) is 13.8. The number of anilines is 4. The summed E-state index contributed by atoms with van der Waals surface area (Å²) < 4.78 is 5.62. The number of benzene rings is 1. The van der Waals surface area contributed by atoms with E-state index in [9.17, 15) is 9.59 Å². The second-order valence-electron chi connectivity index (χ2n) is 10.0. The van der Waals surface area contributed by atoms with Gasteiger partial charge in [-0.15, -0.1) is 0 Å². The van der Waals surface area contributed by atoms with Gasteiger partial charge in [0.2, 0.25) is 11.9 Å². The normalized spacial score (nSPS) is 16.8. The molecule has 2 aliphatic rings. The number of nitrogens with one attached hydrogen (secondary N) is 2. The van der Waals surface area contributed by atoms with E-state index < -0.39 is 0 Å². The maximum absolute atomic E-state index is 12.9. The Morgan fingerprint density at radius 2 is 1.89 bits per heavy atom. The van der Waals surface area contributed by atoms with E-state index in [1.54, 1.807) is 30.3 Å². The lowest BCUT2D eigenvalue weighted by atomic mass is 10.0. The number of carbonyl (C=O) groups is 2. The van der Waals surface area contributed by atoms with Crippen LogP contribution in [0.5, 0.6) is 5.75 Å². The van der Waals surface area contributed by atoms with Crippen LogP contribution in [-0.4, -0.2) is 79.1 Å². The molecular formula is C28H41N7O3. The summed E-state index contributed by atoms with van der Waals surface area (Å²) >= 11 is 0. The summed E-state index contributed by atoms with van der Waals surface area (Å²) in [6, 6.07) is 5.80. The number of likely N-dealkylation sites (tertiary alicyclic amines) is 1. The van der Waals surface area contributed by atoms with Gasteiger partial charge in [-0.25, -0.2) is 4.98 Å². The number of methoxy groups -OCH3 is 1. The molecule has 206 valence electrons. The number of hydrogen-bond acceptors (Lipinski definition) is 8. The molecule has 0 spiro atoms. The summed E-state index contributed by atoms with van der Waals surface area (Å²) in [5, 5.41) is 6.42. The number of ether oxygens (including phenoxy) is 1. The van der Waals surface area contributed by atoms with Crippen molar-refractivity contribution in [2.45, 2.75) is 65.0 Å². The van der Waals surface area contributed by atoms with Gasteiger partial charge in [0.25, 0.3) is 5.91 Å². The highest BCUT2D eigenvalue weighted by Crippen LogP contribution is 2.35. The summed E-state index contributed by atoms with van der Waals surface area (Å²) in [7, 11) is 3.68. The zero-order valence-corrected chi connectivity index (χ0v) is 23.3. The lowest BCUT2D eigenvalue weighted by Gasteiger charge is -2.31. The predicted molar refractivity (Wildman–Crippen MR) is 151 cm³/mol. The lowest BCUT2D eigenvalue weighted by molar-refractivity contribution is -0.118. The molecule has 0 radical (unpaired) electrons.